The number of carbonyl (C=O) groups excluding carboxylic acids is 1. The number of nitrogens with zero attached hydrogens (tertiary/aromatic N) is 1. The molecule has 1 unspecified atom stereocenters. The van der Waals surface area contributed by atoms with Gasteiger partial charge in [0.15, 0.2) is 5.78 Å². The van der Waals surface area contributed by atoms with E-state index in [-0.39, 0.29) is 11.2 Å². The van der Waals surface area contributed by atoms with E-state index in [1.807, 2.05) is 51.1 Å². The van der Waals surface area contributed by atoms with Gasteiger partial charge in [0, 0.05) is 17.1 Å². The first-order chi connectivity index (χ1) is 8.39. The van der Waals surface area contributed by atoms with Crippen LogP contribution in [0.25, 0.3) is 10.9 Å². The summed E-state index contributed by atoms with van der Waals surface area (Å²) in [6, 6.07) is 8.88. The molecule has 18 heavy (non-hydrogen) atoms. The molecule has 2 aromatic rings. The normalized spacial score (nSPS) is 13.6. The zero-order valence-corrected chi connectivity index (χ0v) is 11.0. The Kier molecular flexibility index (Phi) is 3.18. The molecular weight excluding hydrogens is 224 g/mol. The second-order valence-electron chi connectivity index (χ2n) is 5.62. The monoisotopic (exact) mass is 242 g/mol. The molecule has 0 amide bonds. The lowest BCUT2D eigenvalue weighted by Gasteiger charge is -2.25. The maximum atomic E-state index is 12.3. The number of Topliss-reactive ketones (excluding diaryl/α,β-unsaturated/α-hetero) is 1. The number of fused-ring (bicyclic) bond motifs is 1. The molecule has 0 aliphatic carbocycles. The van der Waals surface area contributed by atoms with E-state index in [0.717, 1.165) is 10.9 Å². The summed E-state index contributed by atoms with van der Waals surface area (Å²) in [5, 5.41) is 1.03. The number of hydrogen-bond donors (Lipinski definition) is 1. The summed E-state index contributed by atoms with van der Waals surface area (Å²) in [5.74, 6) is -0.0324. The lowest BCUT2D eigenvalue weighted by molar-refractivity contribution is 0.0901. The lowest BCUT2D eigenvalue weighted by atomic mass is 9.83. The molecule has 1 atom stereocenters. The number of hydrogen-bond acceptors (Lipinski definition) is 3. The fourth-order valence-corrected chi connectivity index (χ4v) is 1.79. The molecule has 1 heterocycles. The fraction of sp³-hybridized carbons (Fsp3) is 0.333. The van der Waals surface area contributed by atoms with E-state index in [4.69, 9.17) is 5.73 Å². The number of aromatic nitrogens is 1. The average molecular weight is 242 g/mol. The van der Waals surface area contributed by atoms with Gasteiger partial charge in [-0.2, -0.15) is 0 Å². The van der Waals surface area contributed by atoms with Crippen LogP contribution in [0.5, 0.6) is 0 Å². The summed E-state index contributed by atoms with van der Waals surface area (Å²) in [4.78, 5) is 16.5. The minimum Gasteiger partial charge on any atom is -0.321 e. The van der Waals surface area contributed by atoms with Crippen LogP contribution in [0, 0.1) is 5.41 Å². The van der Waals surface area contributed by atoms with Crippen molar-refractivity contribution in [2.45, 2.75) is 26.8 Å². The van der Waals surface area contributed by atoms with Gasteiger partial charge in [0.05, 0.1) is 11.6 Å². The molecule has 0 aliphatic rings. The first-order valence-corrected chi connectivity index (χ1v) is 6.04. The maximum Gasteiger partial charge on any atom is 0.180 e. The largest absolute Gasteiger partial charge is 0.321 e. The second-order valence-corrected chi connectivity index (χ2v) is 5.62. The van der Waals surface area contributed by atoms with Gasteiger partial charge in [0.1, 0.15) is 0 Å². The summed E-state index contributed by atoms with van der Waals surface area (Å²) < 4.78 is 0. The molecule has 1 aromatic heterocycles. The highest BCUT2D eigenvalue weighted by molar-refractivity contribution is 6.02. The molecule has 2 N–H and O–H groups in total. The maximum absolute atomic E-state index is 12.3. The molecule has 0 radical (unpaired) electrons. The predicted octanol–water partition coefficient (Wildman–Crippen LogP) is 2.79. The number of nitrogens with two attached hydrogens (primary N) is 1. The molecule has 0 saturated heterocycles. The predicted molar refractivity (Wildman–Crippen MR) is 73.5 cm³/mol. The van der Waals surface area contributed by atoms with Gasteiger partial charge >= 0.3 is 0 Å². The van der Waals surface area contributed by atoms with Crippen molar-refractivity contribution in [3.63, 3.8) is 0 Å². The van der Waals surface area contributed by atoms with E-state index >= 15 is 0 Å². The summed E-state index contributed by atoms with van der Waals surface area (Å²) in [6.45, 7) is 5.90. The molecule has 0 saturated carbocycles. The van der Waals surface area contributed by atoms with Crippen molar-refractivity contribution >= 4 is 16.7 Å². The smallest absolute Gasteiger partial charge is 0.180 e. The van der Waals surface area contributed by atoms with Crippen LogP contribution in [0.3, 0.4) is 0 Å². The minimum atomic E-state index is -0.501. The minimum absolute atomic E-state index is 0.0324. The van der Waals surface area contributed by atoms with Crippen molar-refractivity contribution in [2.75, 3.05) is 0 Å². The Morgan fingerprint density at radius 2 is 2.00 bits per heavy atom. The molecule has 0 spiro atoms. The van der Waals surface area contributed by atoms with E-state index in [2.05, 4.69) is 4.98 Å². The second kappa shape index (κ2) is 4.50. The van der Waals surface area contributed by atoms with E-state index < -0.39 is 6.04 Å². The van der Waals surface area contributed by atoms with Crippen LogP contribution in [0.4, 0.5) is 0 Å². The molecular formula is C15H18N2O. The SMILES string of the molecule is CC(C)(C)C(N)C(=O)c1ccc2cccnc2c1. The number of pyridine rings is 1. The van der Waals surface area contributed by atoms with Gasteiger partial charge in [-0.1, -0.05) is 39.0 Å². The van der Waals surface area contributed by atoms with Crippen LogP contribution < -0.4 is 5.73 Å². The highest BCUT2D eigenvalue weighted by Crippen LogP contribution is 2.22. The van der Waals surface area contributed by atoms with E-state index in [0.29, 0.717) is 5.56 Å². The van der Waals surface area contributed by atoms with Crippen LogP contribution in [0.15, 0.2) is 36.5 Å². The molecule has 3 heteroatoms. The Hall–Kier alpha value is -1.74. The van der Waals surface area contributed by atoms with E-state index in [1.165, 1.54) is 0 Å². The van der Waals surface area contributed by atoms with Gasteiger partial charge in [-0.25, -0.2) is 0 Å². The zero-order valence-electron chi connectivity index (χ0n) is 11.0. The summed E-state index contributed by atoms with van der Waals surface area (Å²) >= 11 is 0. The Labute approximate surface area is 107 Å². The van der Waals surface area contributed by atoms with Crippen LogP contribution in [0.2, 0.25) is 0 Å². The van der Waals surface area contributed by atoms with Gasteiger partial charge in [0.25, 0.3) is 0 Å². The quantitative estimate of drug-likeness (QED) is 0.824. The van der Waals surface area contributed by atoms with Gasteiger partial charge in [-0.3, -0.25) is 9.78 Å². The van der Waals surface area contributed by atoms with Gasteiger partial charge in [-0.05, 0) is 17.5 Å². The molecule has 0 bridgehead atoms. The third-order valence-corrected chi connectivity index (χ3v) is 3.11. The van der Waals surface area contributed by atoms with Crippen molar-refractivity contribution in [3.05, 3.63) is 42.1 Å². The zero-order chi connectivity index (χ0) is 13.3. The first-order valence-electron chi connectivity index (χ1n) is 6.04. The number of rotatable bonds is 2. The Morgan fingerprint density at radius 3 is 2.67 bits per heavy atom. The lowest BCUT2D eigenvalue weighted by Crippen LogP contribution is -2.42. The van der Waals surface area contributed by atoms with Crippen LogP contribution >= 0.6 is 0 Å². The van der Waals surface area contributed by atoms with Gasteiger partial charge in [0.2, 0.25) is 0 Å². The summed E-state index contributed by atoms with van der Waals surface area (Å²) in [7, 11) is 0. The number of carbonyl (C=O) groups is 1. The van der Waals surface area contributed by atoms with Gasteiger partial charge in [-0.15, -0.1) is 0 Å². The molecule has 3 nitrogen and oxygen atoms in total. The highest BCUT2D eigenvalue weighted by atomic mass is 16.1. The molecule has 2 rings (SSSR count). The first kappa shape index (κ1) is 12.7. The van der Waals surface area contributed by atoms with Gasteiger partial charge < -0.3 is 5.73 Å². The number of benzene rings is 1. The Morgan fingerprint density at radius 1 is 1.28 bits per heavy atom. The third kappa shape index (κ3) is 2.41. The van der Waals surface area contributed by atoms with E-state index in [9.17, 15) is 4.79 Å². The van der Waals surface area contributed by atoms with Crippen molar-refractivity contribution in [1.29, 1.82) is 0 Å². The topological polar surface area (TPSA) is 56.0 Å². The van der Waals surface area contributed by atoms with Crippen LogP contribution in [-0.2, 0) is 0 Å². The van der Waals surface area contributed by atoms with Crippen LogP contribution in [-0.4, -0.2) is 16.8 Å². The number of ketones is 1. The highest BCUT2D eigenvalue weighted by Gasteiger charge is 2.28. The standard InChI is InChI=1S/C15H18N2O/c1-15(2,3)14(16)13(18)11-7-6-10-5-4-8-17-12(10)9-11/h4-9,14H,16H2,1-3H3. The molecule has 0 aliphatic heterocycles. The van der Waals surface area contributed by atoms with Crippen molar-refractivity contribution in [1.82, 2.24) is 4.98 Å². The molecule has 0 fully saturated rings. The summed E-state index contributed by atoms with van der Waals surface area (Å²) in [6.07, 6.45) is 1.72. The van der Waals surface area contributed by atoms with Crippen molar-refractivity contribution in [2.24, 2.45) is 11.1 Å². The summed E-state index contributed by atoms with van der Waals surface area (Å²) in [5.41, 5.74) is 7.21. The molecule has 94 valence electrons. The Bertz CT molecular complexity index is 584. The van der Waals surface area contributed by atoms with Crippen molar-refractivity contribution in [3.8, 4) is 0 Å². The average Bonchev–Trinajstić information content (AvgIpc) is 2.35. The van der Waals surface area contributed by atoms with Crippen molar-refractivity contribution < 1.29 is 4.79 Å². The van der Waals surface area contributed by atoms with Crippen LogP contribution in [0.1, 0.15) is 31.1 Å². The van der Waals surface area contributed by atoms with E-state index in [1.54, 1.807) is 6.20 Å². The molecule has 1 aromatic carbocycles. The fourth-order valence-electron chi connectivity index (χ4n) is 1.79. The Balaban J connectivity index is 2.40. The third-order valence-electron chi connectivity index (χ3n) is 3.11.